The number of carbonyl (C=O) groups is 2. The van der Waals surface area contributed by atoms with Crippen LogP contribution in [0, 0.1) is 5.82 Å². The smallest absolute Gasteiger partial charge is 0.261 e. The van der Waals surface area contributed by atoms with Gasteiger partial charge in [-0.1, -0.05) is 30.3 Å². The van der Waals surface area contributed by atoms with E-state index in [-0.39, 0.29) is 64.1 Å². The third-order valence-corrected chi connectivity index (χ3v) is 8.07. The molecule has 3 aliphatic rings. The number of halogens is 2. The molecule has 2 N–H and O–H groups in total. The Morgan fingerprint density at radius 2 is 2.05 bits per heavy atom. The van der Waals surface area contributed by atoms with Gasteiger partial charge in [-0.05, 0) is 38.6 Å². The highest BCUT2D eigenvalue weighted by Crippen LogP contribution is 2.45. The Kier molecular flexibility index (Phi) is 8.06. The quantitative estimate of drug-likeness (QED) is 0.400. The molecule has 0 unspecified atom stereocenters. The number of ether oxygens (including phenoxy) is 1. The minimum atomic E-state index is -0.463. The van der Waals surface area contributed by atoms with Crippen molar-refractivity contribution < 1.29 is 18.7 Å². The normalized spacial score (nSPS) is 22.7. The van der Waals surface area contributed by atoms with Crippen molar-refractivity contribution in [3.63, 3.8) is 0 Å². The van der Waals surface area contributed by atoms with Crippen molar-refractivity contribution in [2.75, 3.05) is 57.8 Å². The molecule has 39 heavy (non-hydrogen) atoms. The van der Waals surface area contributed by atoms with Gasteiger partial charge in [0.05, 0.1) is 11.7 Å². The second-order valence-corrected chi connectivity index (χ2v) is 10.6. The lowest BCUT2D eigenvalue weighted by molar-refractivity contribution is -0.128. The molecule has 2 fully saturated rings. The molecule has 2 aromatic rings. The standard InChI is InChI=1S/C28H34ClFN6O3/c1-4-22(37)34-11-12-35-19(15-34)16-39-26-23(28(35)38)27(36-14-18(13-17(36)2)32-10-9-31-3)33-25(24(26)29)20-7-5-6-8-21(20)30/h4-8,17-19,31-32H,1,9-16H2,2-3H3/t17-,18-,19+/m0/s1. The van der Waals surface area contributed by atoms with Gasteiger partial charge in [0.15, 0.2) is 5.75 Å². The molecule has 1 aromatic heterocycles. The molecule has 0 saturated carbocycles. The lowest BCUT2D eigenvalue weighted by Gasteiger charge is -2.39. The third kappa shape index (κ3) is 5.20. The summed E-state index contributed by atoms with van der Waals surface area (Å²) in [5, 5.41) is 6.80. The van der Waals surface area contributed by atoms with Crippen LogP contribution in [0.25, 0.3) is 11.3 Å². The zero-order valence-corrected chi connectivity index (χ0v) is 23.0. The summed E-state index contributed by atoms with van der Waals surface area (Å²) in [4.78, 5) is 36.8. The van der Waals surface area contributed by atoms with Gasteiger partial charge in [0, 0.05) is 56.9 Å². The van der Waals surface area contributed by atoms with E-state index in [1.54, 1.807) is 28.0 Å². The molecule has 9 nitrogen and oxygen atoms in total. The van der Waals surface area contributed by atoms with Crippen LogP contribution < -0.4 is 20.3 Å². The summed E-state index contributed by atoms with van der Waals surface area (Å²) in [5.74, 6) is -0.252. The fourth-order valence-electron chi connectivity index (χ4n) is 5.69. The van der Waals surface area contributed by atoms with Crippen LogP contribution in [0.3, 0.4) is 0 Å². The molecule has 4 heterocycles. The van der Waals surface area contributed by atoms with E-state index in [0.29, 0.717) is 32.0 Å². The van der Waals surface area contributed by atoms with E-state index in [1.807, 2.05) is 7.05 Å². The largest absolute Gasteiger partial charge is 0.489 e. The number of nitrogens with one attached hydrogen (secondary N) is 2. The van der Waals surface area contributed by atoms with Crippen LogP contribution in [0.4, 0.5) is 10.2 Å². The average Bonchev–Trinajstić information content (AvgIpc) is 3.24. The maximum absolute atomic E-state index is 15.0. The van der Waals surface area contributed by atoms with Crippen LogP contribution >= 0.6 is 11.6 Å². The Bertz CT molecular complexity index is 1280. The van der Waals surface area contributed by atoms with E-state index in [9.17, 15) is 14.0 Å². The minimum absolute atomic E-state index is 0.0669. The maximum Gasteiger partial charge on any atom is 0.261 e. The second-order valence-electron chi connectivity index (χ2n) is 10.2. The molecular weight excluding hydrogens is 523 g/mol. The Hall–Kier alpha value is -3.21. The predicted octanol–water partition coefficient (Wildman–Crippen LogP) is 2.55. The molecule has 5 rings (SSSR count). The Morgan fingerprint density at radius 1 is 1.26 bits per heavy atom. The van der Waals surface area contributed by atoms with Gasteiger partial charge in [-0.15, -0.1) is 0 Å². The van der Waals surface area contributed by atoms with Gasteiger partial charge < -0.3 is 30.1 Å². The fourth-order valence-corrected chi connectivity index (χ4v) is 5.98. The number of benzene rings is 1. The van der Waals surface area contributed by atoms with E-state index in [1.165, 1.54) is 12.1 Å². The number of carbonyl (C=O) groups excluding carboxylic acids is 2. The molecule has 208 valence electrons. The van der Waals surface area contributed by atoms with E-state index in [4.69, 9.17) is 21.3 Å². The predicted molar refractivity (Wildman–Crippen MR) is 149 cm³/mol. The third-order valence-electron chi connectivity index (χ3n) is 7.72. The highest BCUT2D eigenvalue weighted by atomic mass is 35.5. The van der Waals surface area contributed by atoms with Crippen molar-refractivity contribution in [2.45, 2.75) is 31.5 Å². The van der Waals surface area contributed by atoms with Gasteiger partial charge in [0.2, 0.25) is 5.91 Å². The van der Waals surface area contributed by atoms with Crippen molar-refractivity contribution in [1.82, 2.24) is 25.4 Å². The first-order valence-corrected chi connectivity index (χ1v) is 13.7. The van der Waals surface area contributed by atoms with Crippen LogP contribution in [0.15, 0.2) is 36.9 Å². The molecule has 3 aliphatic heterocycles. The number of likely N-dealkylation sites (N-methyl/N-ethyl adjacent to an activating group) is 1. The first kappa shape index (κ1) is 27.4. The number of aromatic nitrogens is 1. The number of piperazine rings is 1. The van der Waals surface area contributed by atoms with Gasteiger partial charge in [-0.3, -0.25) is 9.59 Å². The van der Waals surface area contributed by atoms with Crippen molar-refractivity contribution in [1.29, 1.82) is 0 Å². The highest BCUT2D eigenvalue weighted by Gasteiger charge is 2.42. The topological polar surface area (TPSA) is 90.0 Å². The van der Waals surface area contributed by atoms with Crippen molar-refractivity contribution in [3.8, 4) is 17.0 Å². The molecule has 1 aromatic carbocycles. The van der Waals surface area contributed by atoms with Gasteiger partial charge in [-0.2, -0.15) is 0 Å². The monoisotopic (exact) mass is 556 g/mol. The Balaban J connectivity index is 1.58. The number of fused-ring (bicyclic) bond motifs is 2. The van der Waals surface area contributed by atoms with Gasteiger partial charge in [-0.25, -0.2) is 9.37 Å². The molecular formula is C28H34ClFN6O3. The zero-order valence-electron chi connectivity index (χ0n) is 22.3. The summed E-state index contributed by atoms with van der Waals surface area (Å²) < 4.78 is 21.2. The number of hydrogen-bond acceptors (Lipinski definition) is 7. The van der Waals surface area contributed by atoms with E-state index in [2.05, 4.69) is 29.0 Å². The van der Waals surface area contributed by atoms with E-state index >= 15 is 0 Å². The molecule has 0 radical (unpaired) electrons. The summed E-state index contributed by atoms with van der Waals surface area (Å²) in [5.41, 5.74) is 0.759. The lowest BCUT2D eigenvalue weighted by atomic mass is 10.1. The number of anilines is 1. The summed E-state index contributed by atoms with van der Waals surface area (Å²) in [6.07, 6.45) is 2.14. The molecule has 0 bridgehead atoms. The summed E-state index contributed by atoms with van der Waals surface area (Å²) in [7, 11) is 1.91. The van der Waals surface area contributed by atoms with Crippen molar-refractivity contribution in [3.05, 3.63) is 53.3 Å². The summed E-state index contributed by atoms with van der Waals surface area (Å²) in [6, 6.07) is 6.20. The van der Waals surface area contributed by atoms with Crippen LogP contribution in [-0.2, 0) is 4.79 Å². The number of hydrogen-bond donors (Lipinski definition) is 2. The average molecular weight is 557 g/mol. The van der Waals surface area contributed by atoms with Crippen LogP contribution in [-0.4, -0.2) is 97.6 Å². The van der Waals surface area contributed by atoms with Crippen molar-refractivity contribution in [2.24, 2.45) is 0 Å². The molecule has 0 spiro atoms. The molecule has 11 heteroatoms. The zero-order chi connectivity index (χ0) is 27.7. The lowest BCUT2D eigenvalue weighted by Crippen LogP contribution is -2.57. The molecule has 2 saturated heterocycles. The summed E-state index contributed by atoms with van der Waals surface area (Å²) >= 11 is 6.86. The van der Waals surface area contributed by atoms with Gasteiger partial charge >= 0.3 is 0 Å². The van der Waals surface area contributed by atoms with E-state index in [0.717, 1.165) is 19.5 Å². The molecule has 0 aliphatic carbocycles. The number of pyridine rings is 1. The molecule has 3 atom stereocenters. The SMILES string of the molecule is C=CC(=O)N1CCN2C(=O)c3c(N4C[C@@H](NCCNC)C[C@@H]4C)nc(-c4ccccc4F)c(Cl)c3OC[C@H]2C1. The Morgan fingerprint density at radius 3 is 2.79 bits per heavy atom. The van der Waals surface area contributed by atoms with Gasteiger partial charge in [0.1, 0.15) is 28.8 Å². The fraction of sp³-hybridized carbons (Fsp3) is 0.464. The number of amides is 2. The maximum atomic E-state index is 15.0. The second kappa shape index (κ2) is 11.5. The van der Waals surface area contributed by atoms with Crippen LogP contribution in [0.1, 0.15) is 23.7 Å². The first-order chi connectivity index (χ1) is 18.8. The summed E-state index contributed by atoms with van der Waals surface area (Å²) in [6.45, 7) is 9.16. The number of rotatable bonds is 7. The van der Waals surface area contributed by atoms with Gasteiger partial charge in [0.25, 0.3) is 5.91 Å². The van der Waals surface area contributed by atoms with Crippen LogP contribution in [0.2, 0.25) is 5.02 Å². The first-order valence-electron chi connectivity index (χ1n) is 13.3. The highest BCUT2D eigenvalue weighted by molar-refractivity contribution is 6.35. The van der Waals surface area contributed by atoms with E-state index < -0.39 is 5.82 Å². The van der Waals surface area contributed by atoms with Crippen LogP contribution in [0.5, 0.6) is 5.75 Å². The number of nitrogens with zero attached hydrogens (tertiary/aromatic N) is 4. The van der Waals surface area contributed by atoms with Crippen molar-refractivity contribution >= 4 is 29.2 Å². The Labute approximate surface area is 232 Å². The molecule has 2 amide bonds. The minimum Gasteiger partial charge on any atom is -0.489 e.